The normalized spacial score (nSPS) is 14.0. The number of benzene rings is 2. The first kappa shape index (κ1) is 24.4. The lowest BCUT2D eigenvalue weighted by Gasteiger charge is -2.36. The Balaban J connectivity index is 2.69. The molecule has 2 aromatic rings. The van der Waals surface area contributed by atoms with E-state index in [1.165, 1.54) is 11.1 Å². The molecule has 0 aromatic heterocycles. The van der Waals surface area contributed by atoms with E-state index in [0.717, 1.165) is 23.7 Å². The molecular weight excluding hydrogens is 381 g/mol. The summed E-state index contributed by atoms with van der Waals surface area (Å²) >= 11 is 0. The fourth-order valence-corrected chi connectivity index (χ4v) is 4.62. The number of hydrogen-bond donors (Lipinski definition) is 0. The van der Waals surface area contributed by atoms with Gasteiger partial charge in [-0.05, 0) is 58.5 Å². The van der Waals surface area contributed by atoms with Crippen LogP contribution in [0.25, 0.3) is 0 Å². The first-order valence-electron chi connectivity index (χ1n) is 10.9. The SMILES string of the molecule is CC=CCC(CP)C(C#N)(c1ccc(C(C)(C)C)cc1)c1ccc(C(C)(C)C)cc1. The highest BCUT2D eigenvalue weighted by Gasteiger charge is 2.41. The Kier molecular flexibility index (Phi) is 7.71. The van der Waals surface area contributed by atoms with Gasteiger partial charge in [0.1, 0.15) is 5.41 Å². The van der Waals surface area contributed by atoms with Gasteiger partial charge in [0.2, 0.25) is 0 Å². The lowest BCUT2D eigenvalue weighted by Crippen LogP contribution is -2.36. The number of hydrogen-bond acceptors (Lipinski definition) is 1. The van der Waals surface area contributed by atoms with Crippen molar-refractivity contribution in [2.24, 2.45) is 5.92 Å². The summed E-state index contributed by atoms with van der Waals surface area (Å²) in [5.74, 6) is 0.171. The summed E-state index contributed by atoms with van der Waals surface area (Å²) in [7, 11) is 2.88. The zero-order chi connectivity index (χ0) is 22.6. The smallest absolute Gasteiger partial charge is 0.111 e. The maximum atomic E-state index is 10.7. The third kappa shape index (κ3) is 5.04. The zero-order valence-electron chi connectivity index (χ0n) is 19.8. The molecule has 2 heteroatoms. The van der Waals surface area contributed by atoms with Crippen LogP contribution < -0.4 is 0 Å². The van der Waals surface area contributed by atoms with E-state index in [2.05, 4.69) is 118 Å². The first-order chi connectivity index (χ1) is 14.0. The second-order valence-electron chi connectivity index (χ2n) is 10.3. The lowest BCUT2D eigenvalue weighted by molar-refractivity contribution is 0.436. The zero-order valence-corrected chi connectivity index (χ0v) is 20.9. The molecule has 0 saturated carbocycles. The highest BCUT2D eigenvalue weighted by atomic mass is 31.0. The molecular formula is C28H38NP. The second-order valence-corrected chi connectivity index (χ2v) is 10.8. The Labute approximate surface area is 186 Å². The van der Waals surface area contributed by atoms with Crippen LogP contribution in [0.15, 0.2) is 60.7 Å². The van der Waals surface area contributed by atoms with Crippen molar-refractivity contribution < 1.29 is 0 Å². The second kappa shape index (κ2) is 9.49. The summed E-state index contributed by atoms with van der Waals surface area (Å²) in [6.07, 6.45) is 6.00. The molecule has 0 aliphatic carbocycles. The Morgan fingerprint density at radius 1 is 0.800 bits per heavy atom. The van der Waals surface area contributed by atoms with Crippen LogP contribution in [0.4, 0.5) is 0 Å². The van der Waals surface area contributed by atoms with Crippen LogP contribution in [0, 0.1) is 17.2 Å². The van der Waals surface area contributed by atoms with Gasteiger partial charge in [-0.25, -0.2) is 0 Å². The number of allylic oxidation sites excluding steroid dienone is 2. The molecule has 30 heavy (non-hydrogen) atoms. The van der Waals surface area contributed by atoms with Gasteiger partial charge in [-0.2, -0.15) is 5.26 Å². The van der Waals surface area contributed by atoms with E-state index in [1.54, 1.807) is 0 Å². The molecule has 0 amide bonds. The summed E-state index contributed by atoms with van der Waals surface area (Å²) in [4.78, 5) is 0. The number of rotatable bonds is 6. The number of nitriles is 1. The van der Waals surface area contributed by atoms with Crippen LogP contribution >= 0.6 is 9.24 Å². The summed E-state index contributed by atoms with van der Waals surface area (Å²) < 4.78 is 0. The van der Waals surface area contributed by atoms with E-state index < -0.39 is 5.41 Å². The Morgan fingerprint density at radius 3 is 1.43 bits per heavy atom. The van der Waals surface area contributed by atoms with Gasteiger partial charge < -0.3 is 0 Å². The van der Waals surface area contributed by atoms with E-state index in [-0.39, 0.29) is 16.7 Å². The summed E-state index contributed by atoms with van der Waals surface area (Å²) in [6.45, 7) is 15.4. The quantitative estimate of drug-likeness (QED) is 0.350. The van der Waals surface area contributed by atoms with Crippen molar-refractivity contribution in [3.8, 4) is 6.07 Å². The van der Waals surface area contributed by atoms with Crippen molar-refractivity contribution in [2.45, 2.75) is 71.1 Å². The van der Waals surface area contributed by atoms with Crippen LogP contribution in [-0.4, -0.2) is 6.16 Å². The Bertz CT molecular complexity index is 827. The Hall–Kier alpha value is -1.90. The van der Waals surface area contributed by atoms with Gasteiger partial charge in [-0.15, -0.1) is 9.24 Å². The van der Waals surface area contributed by atoms with Gasteiger partial charge in [0, 0.05) is 0 Å². The first-order valence-corrected chi connectivity index (χ1v) is 11.8. The van der Waals surface area contributed by atoms with Crippen LogP contribution in [0.5, 0.6) is 0 Å². The number of nitrogens with zero attached hydrogens (tertiary/aromatic N) is 1. The molecule has 0 aliphatic rings. The maximum absolute atomic E-state index is 10.7. The molecule has 160 valence electrons. The van der Waals surface area contributed by atoms with E-state index in [0.29, 0.717) is 0 Å². The molecule has 0 heterocycles. The van der Waals surface area contributed by atoms with Gasteiger partial charge in [0.05, 0.1) is 6.07 Å². The highest BCUT2D eigenvalue weighted by Crippen LogP contribution is 2.43. The average Bonchev–Trinajstić information content (AvgIpc) is 2.70. The molecule has 0 N–H and O–H groups in total. The lowest BCUT2D eigenvalue weighted by atomic mass is 9.65. The molecule has 1 nitrogen and oxygen atoms in total. The molecule has 0 radical (unpaired) electrons. The van der Waals surface area contributed by atoms with E-state index in [9.17, 15) is 5.26 Å². The standard InChI is InChI=1S/C28H38NP/c1-8-9-10-25(19-30)28(20-29,23-15-11-21(12-16-23)26(2,3)4)24-17-13-22(14-18-24)27(5,6)7/h8-9,11-18,25H,10,19,30H2,1-7H3. The minimum atomic E-state index is -0.686. The average molecular weight is 420 g/mol. The molecule has 0 aliphatic heterocycles. The van der Waals surface area contributed by atoms with Gasteiger partial charge in [-0.3, -0.25) is 0 Å². The topological polar surface area (TPSA) is 23.8 Å². The third-order valence-corrected chi connectivity index (χ3v) is 6.71. The van der Waals surface area contributed by atoms with Crippen LogP contribution in [0.3, 0.4) is 0 Å². The predicted octanol–water partition coefficient (Wildman–Crippen LogP) is 7.55. The van der Waals surface area contributed by atoms with E-state index in [1.807, 2.05) is 6.92 Å². The molecule has 2 rings (SSSR count). The van der Waals surface area contributed by atoms with E-state index >= 15 is 0 Å². The maximum Gasteiger partial charge on any atom is 0.111 e. The van der Waals surface area contributed by atoms with Crippen molar-refractivity contribution in [2.75, 3.05) is 6.16 Å². The molecule has 0 fully saturated rings. The molecule has 0 saturated heterocycles. The van der Waals surface area contributed by atoms with Gasteiger partial charge in [-0.1, -0.05) is 102 Å². The van der Waals surface area contributed by atoms with E-state index in [4.69, 9.17) is 0 Å². The molecule has 2 aromatic carbocycles. The van der Waals surface area contributed by atoms with Crippen molar-refractivity contribution in [3.63, 3.8) is 0 Å². The van der Waals surface area contributed by atoms with Gasteiger partial charge in [0.25, 0.3) is 0 Å². The molecule has 0 spiro atoms. The third-order valence-electron chi connectivity index (χ3n) is 6.14. The fraction of sp³-hybridized carbons (Fsp3) is 0.464. The van der Waals surface area contributed by atoms with Crippen molar-refractivity contribution >= 4 is 9.24 Å². The van der Waals surface area contributed by atoms with Crippen molar-refractivity contribution in [3.05, 3.63) is 82.9 Å². The van der Waals surface area contributed by atoms with Crippen molar-refractivity contribution in [1.82, 2.24) is 0 Å². The predicted molar refractivity (Wildman–Crippen MR) is 134 cm³/mol. The highest BCUT2D eigenvalue weighted by molar-refractivity contribution is 7.16. The molecule has 2 atom stereocenters. The van der Waals surface area contributed by atoms with Crippen LogP contribution in [0.2, 0.25) is 0 Å². The van der Waals surface area contributed by atoms with Crippen molar-refractivity contribution in [1.29, 1.82) is 5.26 Å². The minimum absolute atomic E-state index is 0.0904. The van der Waals surface area contributed by atoms with Gasteiger partial charge in [0.15, 0.2) is 0 Å². The van der Waals surface area contributed by atoms with Gasteiger partial charge >= 0.3 is 0 Å². The Morgan fingerprint density at radius 2 is 1.17 bits per heavy atom. The van der Waals surface area contributed by atoms with Crippen LogP contribution in [0.1, 0.15) is 77.1 Å². The fourth-order valence-electron chi connectivity index (χ4n) is 4.07. The summed E-state index contributed by atoms with van der Waals surface area (Å²) in [5.41, 5.74) is 4.24. The van der Waals surface area contributed by atoms with Crippen LogP contribution in [-0.2, 0) is 16.2 Å². The largest absolute Gasteiger partial charge is 0.197 e. The minimum Gasteiger partial charge on any atom is -0.197 e. The molecule has 2 unspecified atom stereocenters. The monoisotopic (exact) mass is 419 g/mol. The molecule has 0 bridgehead atoms. The summed E-state index contributed by atoms with van der Waals surface area (Å²) in [5, 5.41) is 10.7. The summed E-state index contributed by atoms with van der Waals surface area (Å²) in [6, 6.07) is 20.2.